The quantitative estimate of drug-likeness (QED) is 0.743. The number of carbonyl (C=O) groups excluding carboxylic acids is 1. The summed E-state index contributed by atoms with van der Waals surface area (Å²) < 4.78 is 5.24. The number of nitrogens with zero attached hydrogens (tertiary/aromatic N) is 3. The first-order chi connectivity index (χ1) is 11.7. The molecule has 3 heterocycles. The molecule has 3 aromatic rings. The number of benzene rings is 1. The molecular weight excluding hydrogens is 302 g/mol. The van der Waals surface area contributed by atoms with E-state index >= 15 is 0 Å². The third-order valence-electron chi connectivity index (χ3n) is 4.76. The molecule has 1 aliphatic heterocycles. The second-order valence-corrected chi connectivity index (χ2v) is 6.36. The van der Waals surface area contributed by atoms with Crippen molar-refractivity contribution >= 4 is 16.8 Å². The van der Waals surface area contributed by atoms with Crippen LogP contribution in [0.4, 0.5) is 0 Å². The highest BCUT2D eigenvalue weighted by Crippen LogP contribution is 2.26. The zero-order valence-electron chi connectivity index (χ0n) is 13.6. The van der Waals surface area contributed by atoms with Crippen molar-refractivity contribution in [3.63, 3.8) is 0 Å². The number of para-hydroxylation sites is 1. The molecule has 4 rings (SSSR count). The van der Waals surface area contributed by atoms with Crippen molar-refractivity contribution in [3.05, 3.63) is 59.9 Å². The standard InChI is InChI=1S/C19H19N3O2/c1-13-18(24-12-21-13)19(23)22-9-7-14(11-22)10-15-6-8-20-17-5-3-2-4-16(15)17/h2-6,8,12,14H,7,9-11H2,1H3/t14-/m1/s1. The Hall–Kier alpha value is -2.69. The topological polar surface area (TPSA) is 59.2 Å². The van der Waals surface area contributed by atoms with Gasteiger partial charge in [-0.3, -0.25) is 9.78 Å². The molecule has 0 spiro atoms. The van der Waals surface area contributed by atoms with Crippen molar-refractivity contribution in [2.45, 2.75) is 19.8 Å². The molecule has 0 radical (unpaired) electrons. The number of amides is 1. The molecule has 1 fully saturated rings. The first-order valence-electron chi connectivity index (χ1n) is 8.24. The van der Waals surface area contributed by atoms with E-state index in [2.05, 4.69) is 22.1 Å². The van der Waals surface area contributed by atoms with Crippen LogP contribution in [0.15, 0.2) is 47.3 Å². The number of fused-ring (bicyclic) bond motifs is 1. The molecular formula is C19H19N3O2. The summed E-state index contributed by atoms with van der Waals surface area (Å²) in [7, 11) is 0. The number of rotatable bonds is 3. The number of pyridine rings is 1. The van der Waals surface area contributed by atoms with E-state index in [4.69, 9.17) is 4.42 Å². The van der Waals surface area contributed by atoms with Gasteiger partial charge < -0.3 is 9.32 Å². The van der Waals surface area contributed by atoms with Crippen LogP contribution in [0.25, 0.3) is 10.9 Å². The van der Waals surface area contributed by atoms with Gasteiger partial charge in [0.1, 0.15) is 0 Å². The molecule has 0 unspecified atom stereocenters. The molecule has 1 aromatic carbocycles. The molecule has 122 valence electrons. The highest BCUT2D eigenvalue weighted by molar-refractivity contribution is 5.92. The number of carbonyl (C=O) groups is 1. The summed E-state index contributed by atoms with van der Waals surface area (Å²) in [6, 6.07) is 10.3. The summed E-state index contributed by atoms with van der Waals surface area (Å²) in [5.74, 6) is 0.778. The molecule has 1 amide bonds. The lowest BCUT2D eigenvalue weighted by Gasteiger charge is -2.16. The average molecular weight is 321 g/mol. The largest absolute Gasteiger partial charge is 0.438 e. The van der Waals surface area contributed by atoms with Gasteiger partial charge in [0.05, 0.1) is 11.2 Å². The van der Waals surface area contributed by atoms with E-state index in [1.165, 1.54) is 17.3 Å². The highest BCUT2D eigenvalue weighted by atomic mass is 16.3. The third kappa shape index (κ3) is 2.66. The second-order valence-electron chi connectivity index (χ2n) is 6.36. The fraction of sp³-hybridized carbons (Fsp3) is 0.316. The van der Waals surface area contributed by atoms with E-state index in [1.54, 1.807) is 6.92 Å². The number of aromatic nitrogens is 2. The smallest absolute Gasteiger partial charge is 0.291 e. The molecule has 2 aromatic heterocycles. The third-order valence-corrected chi connectivity index (χ3v) is 4.76. The molecule has 24 heavy (non-hydrogen) atoms. The lowest BCUT2D eigenvalue weighted by Crippen LogP contribution is -2.29. The van der Waals surface area contributed by atoms with Crippen molar-refractivity contribution in [2.75, 3.05) is 13.1 Å². The predicted octanol–water partition coefficient (Wildman–Crippen LogP) is 3.24. The second kappa shape index (κ2) is 6.07. The van der Waals surface area contributed by atoms with Crippen molar-refractivity contribution in [1.82, 2.24) is 14.9 Å². The molecule has 1 saturated heterocycles. The van der Waals surface area contributed by atoms with Crippen LogP contribution in [0.3, 0.4) is 0 Å². The first-order valence-corrected chi connectivity index (χ1v) is 8.24. The van der Waals surface area contributed by atoms with Crippen LogP contribution in [0.2, 0.25) is 0 Å². The maximum Gasteiger partial charge on any atom is 0.291 e. The lowest BCUT2D eigenvalue weighted by atomic mass is 9.96. The summed E-state index contributed by atoms with van der Waals surface area (Å²) in [4.78, 5) is 22.8. The van der Waals surface area contributed by atoms with Gasteiger partial charge >= 0.3 is 0 Å². The Bertz CT molecular complexity index is 882. The van der Waals surface area contributed by atoms with Gasteiger partial charge in [0.2, 0.25) is 5.76 Å². The Morgan fingerprint density at radius 3 is 3.00 bits per heavy atom. The van der Waals surface area contributed by atoms with E-state index in [1.807, 2.05) is 29.3 Å². The number of aryl methyl sites for hydroxylation is 1. The van der Waals surface area contributed by atoms with Crippen molar-refractivity contribution in [1.29, 1.82) is 0 Å². The zero-order chi connectivity index (χ0) is 16.5. The normalized spacial score (nSPS) is 17.5. The summed E-state index contributed by atoms with van der Waals surface area (Å²) in [5, 5.41) is 1.20. The molecule has 0 aliphatic carbocycles. The fourth-order valence-corrected chi connectivity index (χ4v) is 3.48. The predicted molar refractivity (Wildman–Crippen MR) is 90.7 cm³/mol. The molecule has 0 N–H and O–H groups in total. The van der Waals surface area contributed by atoms with E-state index in [0.29, 0.717) is 17.4 Å². The lowest BCUT2D eigenvalue weighted by molar-refractivity contribution is 0.0754. The van der Waals surface area contributed by atoms with Gasteiger partial charge in [-0.1, -0.05) is 18.2 Å². The Labute approximate surface area is 140 Å². The Kier molecular flexibility index (Phi) is 3.76. The van der Waals surface area contributed by atoms with Crippen LogP contribution in [0.1, 0.15) is 28.2 Å². The molecule has 0 saturated carbocycles. The average Bonchev–Trinajstić information content (AvgIpc) is 3.24. The minimum atomic E-state index is -0.0490. The first kappa shape index (κ1) is 14.9. The summed E-state index contributed by atoms with van der Waals surface area (Å²) >= 11 is 0. The SMILES string of the molecule is Cc1ncoc1C(=O)N1CC[C@H](Cc2ccnc3ccccc23)C1. The van der Waals surface area contributed by atoms with Gasteiger partial charge in [-0.15, -0.1) is 0 Å². The van der Waals surface area contributed by atoms with E-state index in [9.17, 15) is 4.79 Å². The molecule has 5 heteroatoms. The van der Waals surface area contributed by atoms with Crippen molar-refractivity contribution in [2.24, 2.45) is 5.92 Å². The maximum absolute atomic E-state index is 12.5. The molecule has 1 aliphatic rings. The van der Waals surface area contributed by atoms with Crippen LogP contribution in [0, 0.1) is 12.8 Å². The monoisotopic (exact) mass is 321 g/mol. The van der Waals surface area contributed by atoms with Gasteiger partial charge in [-0.2, -0.15) is 0 Å². The minimum Gasteiger partial charge on any atom is -0.438 e. The number of likely N-dealkylation sites (tertiary alicyclic amines) is 1. The van der Waals surface area contributed by atoms with Crippen LogP contribution in [0.5, 0.6) is 0 Å². The maximum atomic E-state index is 12.5. The molecule has 0 bridgehead atoms. The van der Waals surface area contributed by atoms with Gasteiger partial charge in [-0.05, 0) is 43.4 Å². The van der Waals surface area contributed by atoms with Gasteiger partial charge in [0.15, 0.2) is 6.39 Å². The number of oxazole rings is 1. The van der Waals surface area contributed by atoms with Crippen molar-refractivity contribution < 1.29 is 9.21 Å². The van der Waals surface area contributed by atoms with Crippen LogP contribution >= 0.6 is 0 Å². The zero-order valence-corrected chi connectivity index (χ0v) is 13.6. The Balaban J connectivity index is 1.49. The van der Waals surface area contributed by atoms with Gasteiger partial charge in [0, 0.05) is 24.7 Å². The van der Waals surface area contributed by atoms with Gasteiger partial charge in [0.25, 0.3) is 5.91 Å². The van der Waals surface area contributed by atoms with E-state index in [-0.39, 0.29) is 5.91 Å². The number of hydrogen-bond acceptors (Lipinski definition) is 4. The van der Waals surface area contributed by atoms with Crippen LogP contribution < -0.4 is 0 Å². The number of hydrogen-bond donors (Lipinski definition) is 0. The fourth-order valence-electron chi connectivity index (χ4n) is 3.48. The summed E-state index contributed by atoms with van der Waals surface area (Å²) in [5.41, 5.74) is 2.98. The van der Waals surface area contributed by atoms with E-state index < -0.39 is 0 Å². The summed E-state index contributed by atoms with van der Waals surface area (Å²) in [6.45, 7) is 3.33. The minimum absolute atomic E-state index is 0.0490. The molecule has 5 nitrogen and oxygen atoms in total. The summed E-state index contributed by atoms with van der Waals surface area (Å²) in [6.07, 6.45) is 5.17. The van der Waals surface area contributed by atoms with E-state index in [0.717, 1.165) is 31.4 Å². The van der Waals surface area contributed by atoms with Gasteiger partial charge in [-0.25, -0.2) is 4.98 Å². The highest BCUT2D eigenvalue weighted by Gasteiger charge is 2.29. The molecule has 1 atom stereocenters. The Morgan fingerprint density at radius 1 is 1.29 bits per heavy atom. The van der Waals surface area contributed by atoms with Crippen LogP contribution in [-0.4, -0.2) is 33.9 Å². The van der Waals surface area contributed by atoms with Crippen molar-refractivity contribution in [3.8, 4) is 0 Å². The Morgan fingerprint density at radius 2 is 2.17 bits per heavy atom. The van der Waals surface area contributed by atoms with Crippen LogP contribution in [-0.2, 0) is 6.42 Å².